The Hall–Kier alpha value is -4.00. The third-order valence-electron chi connectivity index (χ3n) is 6.11. The molecule has 0 bridgehead atoms. The number of Topliss-reactive ketones (excluding diaryl/α,β-unsaturated/α-hetero) is 1. The van der Waals surface area contributed by atoms with E-state index in [-0.39, 0.29) is 35.7 Å². The Morgan fingerprint density at radius 2 is 1.60 bits per heavy atom. The fourth-order valence-corrected chi connectivity index (χ4v) is 4.13. The van der Waals surface area contributed by atoms with Crippen molar-refractivity contribution in [2.75, 3.05) is 25.0 Å². The number of hydrogen-bond acceptors (Lipinski definition) is 4. The van der Waals surface area contributed by atoms with Gasteiger partial charge in [0.1, 0.15) is 11.6 Å². The molecule has 1 N–H and O–H groups in total. The lowest BCUT2D eigenvalue weighted by Crippen LogP contribution is -2.40. The van der Waals surface area contributed by atoms with Crippen LogP contribution in [0.5, 0.6) is 5.75 Å². The molecule has 0 aromatic heterocycles. The molecule has 4 rings (SSSR count). The molecule has 7 heteroatoms. The normalized spacial score (nSPS) is 13.8. The summed E-state index contributed by atoms with van der Waals surface area (Å²) in [6.07, 6.45) is 1.18. The van der Waals surface area contributed by atoms with E-state index in [4.69, 9.17) is 4.74 Å². The number of piperidine rings is 1. The molecule has 0 spiro atoms. The maximum atomic E-state index is 13.8. The molecule has 1 heterocycles. The average molecular weight is 475 g/mol. The Bertz CT molecular complexity index is 1220. The van der Waals surface area contributed by atoms with Crippen LogP contribution in [-0.2, 0) is 4.79 Å². The van der Waals surface area contributed by atoms with Crippen LogP contribution < -0.4 is 10.1 Å². The van der Waals surface area contributed by atoms with Gasteiger partial charge >= 0.3 is 0 Å². The van der Waals surface area contributed by atoms with E-state index in [0.29, 0.717) is 37.1 Å². The van der Waals surface area contributed by atoms with E-state index in [9.17, 15) is 18.8 Å². The number of nitrogens with one attached hydrogen (secondary N) is 1. The van der Waals surface area contributed by atoms with Gasteiger partial charge in [-0.2, -0.15) is 0 Å². The number of hydrogen-bond donors (Lipinski definition) is 1. The number of rotatable bonds is 7. The number of carbonyl (C=O) groups is 3. The molecule has 3 aromatic carbocycles. The van der Waals surface area contributed by atoms with Gasteiger partial charge in [-0.15, -0.1) is 0 Å². The quantitative estimate of drug-likeness (QED) is 0.495. The zero-order valence-electron chi connectivity index (χ0n) is 19.5. The third kappa shape index (κ3) is 5.93. The zero-order valence-corrected chi connectivity index (χ0v) is 19.5. The summed E-state index contributed by atoms with van der Waals surface area (Å²) in [6, 6.07) is 20.1. The summed E-state index contributed by atoms with van der Waals surface area (Å²) in [7, 11) is 0. The highest BCUT2D eigenvalue weighted by Crippen LogP contribution is 2.26. The van der Waals surface area contributed by atoms with E-state index in [1.165, 1.54) is 18.2 Å². The maximum absolute atomic E-state index is 13.8. The second-order valence-corrected chi connectivity index (χ2v) is 8.61. The van der Waals surface area contributed by atoms with Crippen molar-refractivity contribution < 1.29 is 23.5 Å². The molecule has 1 aliphatic rings. The molecule has 1 saturated heterocycles. The first-order valence-electron chi connectivity index (χ1n) is 11.6. The van der Waals surface area contributed by atoms with Crippen LogP contribution in [0.4, 0.5) is 10.1 Å². The molecule has 2 amide bonds. The first-order valence-corrected chi connectivity index (χ1v) is 11.6. The van der Waals surface area contributed by atoms with Crippen LogP contribution in [-0.4, -0.2) is 42.2 Å². The Morgan fingerprint density at radius 1 is 0.943 bits per heavy atom. The highest BCUT2D eigenvalue weighted by molar-refractivity contribution is 5.99. The highest BCUT2D eigenvalue weighted by atomic mass is 19.1. The number of ether oxygens (including phenoxy) is 1. The first-order chi connectivity index (χ1) is 16.9. The number of ketones is 1. The van der Waals surface area contributed by atoms with Crippen LogP contribution in [0.1, 0.15) is 39.1 Å². The summed E-state index contributed by atoms with van der Waals surface area (Å²) in [5, 5.41) is 2.46. The van der Waals surface area contributed by atoms with Crippen LogP contribution in [0.15, 0.2) is 72.8 Å². The molecule has 0 saturated carbocycles. The Balaban J connectivity index is 1.35. The van der Waals surface area contributed by atoms with Crippen LogP contribution in [0, 0.1) is 18.7 Å². The van der Waals surface area contributed by atoms with Gasteiger partial charge in [0, 0.05) is 24.6 Å². The molecule has 0 unspecified atom stereocenters. The fraction of sp³-hybridized carbons (Fsp3) is 0.250. The predicted molar refractivity (Wildman–Crippen MR) is 131 cm³/mol. The molecule has 0 atom stereocenters. The van der Waals surface area contributed by atoms with Gasteiger partial charge in [0.25, 0.3) is 11.8 Å². The van der Waals surface area contributed by atoms with Crippen molar-refractivity contribution in [2.45, 2.75) is 19.8 Å². The minimum atomic E-state index is -0.541. The van der Waals surface area contributed by atoms with Crippen LogP contribution in [0.3, 0.4) is 0 Å². The van der Waals surface area contributed by atoms with Gasteiger partial charge in [-0.1, -0.05) is 54.1 Å². The van der Waals surface area contributed by atoms with Crippen LogP contribution >= 0.6 is 0 Å². The maximum Gasteiger partial charge on any atom is 0.262 e. The first kappa shape index (κ1) is 24.1. The molecular weight excluding hydrogens is 447 g/mol. The van der Waals surface area contributed by atoms with E-state index >= 15 is 0 Å². The topological polar surface area (TPSA) is 75.7 Å². The lowest BCUT2D eigenvalue weighted by atomic mass is 9.88. The van der Waals surface area contributed by atoms with Gasteiger partial charge in [0.05, 0.1) is 11.3 Å². The summed E-state index contributed by atoms with van der Waals surface area (Å²) in [5.41, 5.74) is 2.21. The lowest BCUT2D eigenvalue weighted by molar-refractivity contribution is -0.118. The SMILES string of the molecule is Cc1ccc(C(=O)C2CCN(C(=O)c3ccccc3OCC(=O)Nc3ccccc3F)CC2)cc1. The number of halogens is 1. The Labute approximate surface area is 203 Å². The van der Waals surface area contributed by atoms with Crippen molar-refractivity contribution in [3.8, 4) is 5.75 Å². The third-order valence-corrected chi connectivity index (χ3v) is 6.11. The smallest absolute Gasteiger partial charge is 0.262 e. The van der Waals surface area contributed by atoms with Crippen molar-refractivity contribution in [2.24, 2.45) is 5.92 Å². The number of para-hydroxylation sites is 2. The lowest BCUT2D eigenvalue weighted by Gasteiger charge is -2.31. The van der Waals surface area contributed by atoms with Crippen molar-refractivity contribution in [3.05, 3.63) is 95.3 Å². The minimum Gasteiger partial charge on any atom is -0.483 e. The minimum absolute atomic E-state index is 0.0634. The van der Waals surface area contributed by atoms with Gasteiger partial charge in [0.15, 0.2) is 12.4 Å². The summed E-state index contributed by atoms with van der Waals surface area (Å²) >= 11 is 0. The zero-order chi connectivity index (χ0) is 24.8. The largest absolute Gasteiger partial charge is 0.483 e. The number of aryl methyl sites for hydroxylation is 1. The average Bonchev–Trinajstić information content (AvgIpc) is 2.89. The molecule has 1 aliphatic heterocycles. The monoisotopic (exact) mass is 474 g/mol. The molecule has 3 aromatic rings. The number of carbonyl (C=O) groups excluding carboxylic acids is 3. The van der Waals surface area contributed by atoms with Gasteiger partial charge in [0.2, 0.25) is 0 Å². The Kier molecular flexibility index (Phi) is 7.55. The molecular formula is C28H27FN2O4. The molecule has 1 fully saturated rings. The fourth-order valence-electron chi connectivity index (χ4n) is 4.13. The number of likely N-dealkylation sites (tertiary alicyclic amines) is 1. The van der Waals surface area contributed by atoms with Crippen LogP contribution in [0.25, 0.3) is 0 Å². The van der Waals surface area contributed by atoms with Crippen molar-refractivity contribution in [1.29, 1.82) is 0 Å². The number of anilines is 1. The van der Waals surface area contributed by atoms with E-state index in [2.05, 4.69) is 5.32 Å². The number of benzene rings is 3. The van der Waals surface area contributed by atoms with Crippen molar-refractivity contribution >= 4 is 23.3 Å². The van der Waals surface area contributed by atoms with E-state index < -0.39 is 11.7 Å². The van der Waals surface area contributed by atoms with E-state index in [0.717, 1.165) is 5.56 Å². The van der Waals surface area contributed by atoms with E-state index in [1.807, 2.05) is 31.2 Å². The van der Waals surface area contributed by atoms with Crippen LogP contribution in [0.2, 0.25) is 0 Å². The standard InChI is InChI=1S/C28H27FN2O4/c1-19-10-12-20(13-11-19)27(33)21-14-16-31(17-15-21)28(34)22-6-2-5-9-25(22)35-18-26(32)30-24-8-4-3-7-23(24)29/h2-13,21H,14-18H2,1H3,(H,30,32). The molecule has 180 valence electrons. The predicted octanol–water partition coefficient (Wildman–Crippen LogP) is 4.89. The number of nitrogens with zero attached hydrogens (tertiary/aromatic N) is 1. The summed E-state index contributed by atoms with van der Waals surface area (Å²) in [5.74, 6) is -1.01. The Morgan fingerprint density at radius 3 is 2.31 bits per heavy atom. The molecule has 0 aliphatic carbocycles. The summed E-state index contributed by atoms with van der Waals surface area (Å²) in [4.78, 5) is 40.0. The summed E-state index contributed by atoms with van der Waals surface area (Å²) in [6.45, 7) is 2.54. The second-order valence-electron chi connectivity index (χ2n) is 8.61. The highest BCUT2D eigenvalue weighted by Gasteiger charge is 2.29. The summed E-state index contributed by atoms with van der Waals surface area (Å²) < 4.78 is 19.4. The van der Waals surface area contributed by atoms with Gasteiger partial charge in [-0.05, 0) is 44.0 Å². The van der Waals surface area contributed by atoms with Crippen molar-refractivity contribution in [3.63, 3.8) is 0 Å². The van der Waals surface area contributed by atoms with Crippen molar-refractivity contribution in [1.82, 2.24) is 4.90 Å². The van der Waals surface area contributed by atoms with Gasteiger partial charge in [-0.25, -0.2) is 4.39 Å². The molecule has 35 heavy (non-hydrogen) atoms. The number of amides is 2. The molecule has 0 radical (unpaired) electrons. The molecule has 6 nitrogen and oxygen atoms in total. The van der Waals surface area contributed by atoms with Gasteiger partial charge in [-0.3, -0.25) is 14.4 Å². The second kappa shape index (κ2) is 11.0. The van der Waals surface area contributed by atoms with Gasteiger partial charge < -0.3 is 15.0 Å². The van der Waals surface area contributed by atoms with E-state index in [1.54, 1.807) is 35.2 Å².